The summed E-state index contributed by atoms with van der Waals surface area (Å²) in [6.45, 7) is 1.99. The van der Waals surface area contributed by atoms with Crippen LogP contribution in [0.3, 0.4) is 0 Å². The molecule has 0 amide bonds. The zero-order valence-corrected chi connectivity index (χ0v) is 9.38. The van der Waals surface area contributed by atoms with E-state index in [-0.39, 0.29) is 6.42 Å². The van der Waals surface area contributed by atoms with Crippen molar-refractivity contribution in [1.29, 1.82) is 0 Å². The first-order chi connectivity index (χ1) is 7.43. The Balaban J connectivity index is 2.50. The Morgan fingerprint density at radius 3 is 2.62 bits per heavy atom. The topological polar surface area (TPSA) is 29.9 Å². The van der Waals surface area contributed by atoms with Crippen LogP contribution in [0.2, 0.25) is 0 Å². The van der Waals surface area contributed by atoms with Crippen molar-refractivity contribution in [1.82, 2.24) is 15.1 Å². The van der Waals surface area contributed by atoms with Crippen molar-refractivity contribution < 1.29 is 13.2 Å². The minimum atomic E-state index is -4.18. The molecule has 0 aromatic carbocycles. The van der Waals surface area contributed by atoms with Gasteiger partial charge in [0.2, 0.25) is 0 Å². The van der Waals surface area contributed by atoms with Gasteiger partial charge in [-0.15, -0.1) is 0 Å². The molecule has 1 unspecified atom stereocenters. The highest BCUT2D eigenvalue weighted by molar-refractivity contribution is 5.04. The number of aromatic nitrogens is 2. The van der Waals surface area contributed by atoms with E-state index in [1.54, 1.807) is 31.0 Å². The lowest BCUT2D eigenvalue weighted by atomic mass is 10.1. The number of aryl methyl sites for hydroxylation is 2. The Kier molecular flexibility index (Phi) is 4.35. The van der Waals surface area contributed by atoms with Gasteiger partial charge in [0, 0.05) is 13.2 Å². The van der Waals surface area contributed by atoms with E-state index in [9.17, 15) is 13.2 Å². The standard InChI is InChI=1S/C10H16F3N3/c1-3-14-9(10(11,12)13)5-4-8-6-15-16(2)7-8/h6-7,9,14H,3-5H2,1-2H3. The normalized spacial score (nSPS) is 14.1. The molecular weight excluding hydrogens is 219 g/mol. The van der Waals surface area contributed by atoms with Crippen LogP contribution in [0.1, 0.15) is 18.9 Å². The third kappa shape index (κ3) is 3.84. The van der Waals surface area contributed by atoms with Crippen molar-refractivity contribution in [2.24, 2.45) is 7.05 Å². The summed E-state index contributed by atoms with van der Waals surface area (Å²) in [7, 11) is 1.75. The van der Waals surface area contributed by atoms with Crippen molar-refractivity contribution in [3.05, 3.63) is 18.0 Å². The van der Waals surface area contributed by atoms with Gasteiger partial charge in [0.05, 0.1) is 6.20 Å². The molecule has 0 aliphatic heterocycles. The largest absolute Gasteiger partial charge is 0.403 e. The highest BCUT2D eigenvalue weighted by Gasteiger charge is 2.38. The van der Waals surface area contributed by atoms with Gasteiger partial charge in [-0.3, -0.25) is 4.68 Å². The predicted octanol–water partition coefficient (Wildman–Crippen LogP) is 1.89. The first kappa shape index (κ1) is 13.0. The third-order valence-electron chi connectivity index (χ3n) is 2.33. The maximum absolute atomic E-state index is 12.5. The van der Waals surface area contributed by atoms with E-state index in [1.807, 2.05) is 0 Å². The van der Waals surface area contributed by atoms with Gasteiger partial charge in [-0.05, 0) is 24.9 Å². The number of halogens is 3. The molecule has 0 radical (unpaired) electrons. The highest BCUT2D eigenvalue weighted by atomic mass is 19.4. The Hall–Kier alpha value is -1.04. The molecule has 1 heterocycles. The fraction of sp³-hybridized carbons (Fsp3) is 0.700. The van der Waals surface area contributed by atoms with Gasteiger partial charge in [0.1, 0.15) is 6.04 Å². The quantitative estimate of drug-likeness (QED) is 0.844. The van der Waals surface area contributed by atoms with Gasteiger partial charge < -0.3 is 5.32 Å². The molecule has 0 fully saturated rings. The van der Waals surface area contributed by atoms with E-state index in [2.05, 4.69) is 10.4 Å². The van der Waals surface area contributed by atoms with Crippen molar-refractivity contribution in [3.63, 3.8) is 0 Å². The molecule has 1 aromatic rings. The number of hydrogen-bond acceptors (Lipinski definition) is 2. The fourth-order valence-corrected chi connectivity index (χ4v) is 1.54. The zero-order chi connectivity index (χ0) is 12.2. The molecule has 3 nitrogen and oxygen atoms in total. The van der Waals surface area contributed by atoms with Gasteiger partial charge in [-0.1, -0.05) is 6.92 Å². The summed E-state index contributed by atoms with van der Waals surface area (Å²) in [5.74, 6) is 0. The van der Waals surface area contributed by atoms with Crippen LogP contribution in [0.4, 0.5) is 13.2 Å². The van der Waals surface area contributed by atoms with Crippen molar-refractivity contribution in [3.8, 4) is 0 Å². The molecule has 16 heavy (non-hydrogen) atoms. The lowest BCUT2D eigenvalue weighted by Gasteiger charge is -2.20. The van der Waals surface area contributed by atoms with Crippen molar-refractivity contribution in [2.45, 2.75) is 32.0 Å². The monoisotopic (exact) mass is 235 g/mol. The Labute approximate surface area is 92.6 Å². The Morgan fingerprint density at radius 2 is 2.19 bits per heavy atom. The number of nitrogens with zero attached hydrogens (tertiary/aromatic N) is 2. The van der Waals surface area contributed by atoms with E-state index in [1.165, 1.54) is 0 Å². The van der Waals surface area contributed by atoms with Crippen LogP contribution in [0.5, 0.6) is 0 Å². The van der Waals surface area contributed by atoms with Crippen LogP contribution in [0, 0.1) is 0 Å². The molecule has 1 rings (SSSR count). The lowest BCUT2D eigenvalue weighted by molar-refractivity contribution is -0.156. The minimum absolute atomic E-state index is 0.0447. The second kappa shape index (κ2) is 5.34. The number of rotatable bonds is 5. The Bertz CT molecular complexity index is 319. The smallest absolute Gasteiger partial charge is 0.306 e. The van der Waals surface area contributed by atoms with Gasteiger partial charge in [-0.25, -0.2) is 0 Å². The maximum atomic E-state index is 12.5. The molecule has 1 atom stereocenters. The molecule has 0 saturated heterocycles. The van der Waals surface area contributed by atoms with Gasteiger partial charge >= 0.3 is 6.18 Å². The molecular formula is C10H16F3N3. The van der Waals surface area contributed by atoms with Crippen molar-refractivity contribution in [2.75, 3.05) is 6.54 Å². The van der Waals surface area contributed by atoms with Crippen LogP contribution < -0.4 is 5.32 Å². The third-order valence-corrected chi connectivity index (χ3v) is 2.33. The zero-order valence-electron chi connectivity index (χ0n) is 9.38. The molecule has 0 bridgehead atoms. The second-order valence-electron chi connectivity index (χ2n) is 3.71. The summed E-state index contributed by atoms with van der Waals surface area (Å²) in [4.78, 5) is 0. The Morgan fingerprint density at radius 1 is 1.50 bits per heavy atom. The SMILES string of the molecule is CCNC(CCc1cnn(C)c1)C(F)(F)F. The van der Waals surface area contributed by atoms with Crippen LogP contribution in [0.25, 0.3) is 0 Å². The van der Waals surface area contributed by atoms with E-state index >= 15 is 0 Å². The maximum Gasteiger partial charge on any atom is 0.403 e. The minimum Gasteiger partial charge on any atom is -0.306 e. The van der Waals surface area contributed by atoms with Crippen molar-refractivity contribution >= 4 is 0 Å². The molecule has 1 N–H and O–H groups in total. The molecule has 0 aliphatic carbocycles. The molecule has 0 aliphatic rings. The van der Waals surface area contributed by atoms with E-state index in [4.69, 9.17) is 0 Å². The number of nitrogens with one attached hydrogen (secondary N) is 1. The fourth-order valence-electron chi connectivity index (χ4n) is 1.54. The highest BCUT2D eigenvalue weighted by Crippen LogP contribution is 2.23. The first-order valence-electron chi connectivity index (χ1n) is 5.21. The molecule has 92 valence electrons. The van der Waals surface area contributed by atoms with E-state index in [0.717, 1.165) is 5.56 Å². The summed E-state index contributed by atoms with van der Waals surface area (Å²) < 4.78 is 39.2. The average Bonchev–Trinajstić information content (AvgIpc) is 2.57. The van der Waals surface area contributed by atoms with E-state index < -0.39 is 12.2 Å². The van der Waals surface area contributed by atoms with Crippen LogP contribution >= 0.6 is 0 Å². The average molecular weight is 235 g/mol. The van der Waals surface area contributed by atoms with Crippen LogP contribution in [-0.4, -0.2) is 28.5 Å². The molecule has 0 saturated carbocycles. The first-order valence-corrected chi connectivity index (χ1v) is 5.21. The summed E-state index contributed by atoms with van der Waals surface area (Å²) in [5.41, 5.74) is 0.828. The number of hydrogen-bond donors (Lipinski definition) is 1. The summed E-state index contributed by atoms with van der Waals surface area (Å²) >= 11 is 0. The van der Waals surface area contributed by atoms with E-state index in [0.29, 0.717) is 13.0 Å². The predicted molar refractivity (Wildman–Crippen MR) is 55.0 cm³/mol. The number of alkyl halides is 3. The summed E-state index contributed by atoms with van der Waals surface area (Å²) in [5, 5.41) is 6.37. The van der Waals surface area contributed by atoms with Gasteiger partial charge in [0.25, 0.3) is 0 Å². The summed E-state index contributed by atoms with van der Waals surface area (Å²) in [6.07, 6.45) is -0.426. The molecule has 0 spiro atoms. The molecule has 1 aromatic heterocycles. The summed E-state index contributed by atoms with van der Waals surface area (Å²) in [6, 6.07) is -1.43. The van der Waals surface area contributed by atoms with Gasteiger partial charge in [0.15, 0.2) is 0 Å². The second-order valence-corrected chi connectivity index (χ2v) is 3.71. The molecule has 6 heteroatoms. The van der Waals surface area contributed by atoms with Crippen LogP contribution in [0.15, 0.2) is 12.4 Å². The van der Waals surface area contributed by atoms with Gasteiger partial charge in [-0.2, -0.15) is 18.3 Å². The van der Waals surface area contributed by atoms with Crippen LogP contribution in [-0.2, 0) is 13.5 Å². The lowest BCUT2D eigenvalue weighted by Crippen LogP contribution is -2.42.